The zero-order valence-electron chi connectivity index (χ0n) is 12.7. The monoisotopic (exact) mass is 295 g/mol. The van der Waals surface area contributed by atoms with Crippen LogP contribution in [0.5, 0.6) is 11.5 Å². The molecule has 1 aromatic carbocycles. The third-order valence-corrected chi connectivity index (χ3v) is 3.08. The van der Waals surface area contributed by atoms with Crippen LogP contribution in [-0.2, 0) is 4.79 Å². The Labute approximate surface area is 124 Å². The topological polar surface area (TPSA) is 93.9 Å². The van der Waals surface area contributed by atoms with Crippen LogP contribution < -0.4 is 20.5 Å². The zero-order valence-corrected chi connectivity index (χ0v) is 12.7. The number of amides is 2. The number of nitrogens with one attached hydrogen (secondary N) is 1. The minimum atomic E-state index is -0.351. The fraction of sp³-hybridized carbons (Fsp3) is 0.429. The average molecular weight is 295 g/mol. The van der Waals surface area contributed by atoms with Crippen molar-refractivity contribution in [2.45, 2.75) is 6.92 Å². The molecule has 0 spiro atoms. The van der Waals surface area contributed by atoms with E-state index >= 15 is 0 Å². The highest BCUT2D eigenvalue weighted by molar-refractivity contribution is 6.02. The lowest BCUT2D eigenvalue weighted by atomic mass is 10.1. The predicted molar refractivity (Wildman–Crippen MR) is 79.6 cm³/mol. The number of benzene rings is 1. The lowest BCUT2D eigenvalue weighted by Gasteiger charge is -2.21. The van der Waals surface area contributed by atoms with Gasteiger partial charge in [-0.05, 0) is 13.0 Å². The van der Waals surface area contributed by atoms with E-state index in [1.807, 2.05) is 0 Å². The van der Waals surface area contributed by atoms with Crippen molar-refractivity contribution in [2.24, 2.45) is 0 Å². The number of nitrogens with zero attached hydrogens (tertiary/aromatic N) is 1. The summed E-state index contributed by atoms with van der Waals surface area (Å²) < 4.78 is 10.3. The number of anilines is 1. The molecule has 0 bridgehead atoms. The summed E-state index contributed by atoms with van der Waals surface area (Å²) in [5.74, 6) is 0.212. The first-order valence-electron chi connectivity index (χ1n) is 6.49. The second-order valence-electron chi connectivity index (χ2n) is 4.28. The maximum absolute atomic E-state index is 12.5. The molecule has 116 valence electrons. The van der Waals surface area contributed by atoms with Crippen LogP contribution in [0.2, 0.25) is 0 Å². The highest BCUT2D eigenvalue weighted by atomic mass is 16.5. The number of rotatable bonds is 6. The number of nitrogens with two attached hydrogens (primary N) is 1. The number of nitrogen functional groups attached to an aromatic ring is 1. The first-order valence-corrected chi connectivity index (χ1v) is 6.49. The number of ether oxygens (including phenoxy) is 2. The first kappa shape index (κ1) is 16.6. The van der Waals surface area contributed by atoms with Crippen LogP contribution in [0, 0.1) is 0 Å². The van der Waals surface area contributed by atoms with Gasteiger partial charge in [-0.3, -0.25) is 9.59 Å². The average Bonchev–Trinajstić information content (AvgIpc) is 2.51. The normalized spacial score (nSPS) is 9.90. The van der Waals surface area contributed by atoms with Crippen molar-refractivity contribution in [2.75, 3.05) is 40.1 Å². The summed E-state index contributed by atoms with van der Waals surface area (Å²) in [6, 6.07) is 3.13. The molecule has 0 saturated carbocycles. The van der Waals surface area contributed by atoms with E-state index in [-0.39, 0.29) is 29.6 Å². The minimum Gasteiger partial charge on any atom is -0.497 e. The van der Waals surface area contributed by atoms with Gasteiger partial charge in [0.25, 0.3) is 5.91 Å². The molecule has 0 saturated heterocycles. The number of methoxy groups -OCH3 is 2. The summed E-state index contributed by atoms with van der Waals surface area (Å²) in [6.07, 6.45) is 0. The van der Waals surface area contributed by atoms with Crippen LogP contribution in [0.3, 0.4) is 0 Å². The molecule has 0 heterocycles. The molecule has 2 amide bonds. The summed E-state index contributed by atoms with van der Waals surface area (Å²) in [5.41, 5.74) is 6.41. The van der Waals surface area contributed by atoms with Gasteiger partial charge in [-0.25, -0.2) is 0 Å². The van der Waals surface area contributed by atoms with Crippen molar-refractivity contribution < 1.29 is 19.1 Å². The Balaban J connectivity index is 3.18. The van der Waals surface area contributed by atoms with E-state index in [9.17, 15) is 9.59 Å². The smallest absolute Gasteiger partial charge is 0.256 e. The summed E-state index contributed by atoms with van der Waals surface area (Å²) in [6.45, 7) is 2.13. The third-order valence-electron chi connectivity index (χ3n) is 3.08. The summed E-state index contributed by atoms with van der Waals surface area (Å²) in [7, 11) is 4.46. The van der Waals surface area contributed by atoms with E-state index in [0.29, 0.717) is 18.0 Å². The number of carbonyl (C=O) groups is 2. The quantitative estimate of drug-likeness (QED) is 0.745. The largest absolute Gasteiger partial charge is 0.497 e. The van der Waals surface area contributed by atoms with Gasteiger partial charge in [-0.2, -0.15) is 0 Å². The molecule has 0 fully saturated rings. The van der Waals surface area contributed by atoms with Gasteiger partial charge in [0.2, 0.25) is 5.91 Å². The maximum atomic E-state index is 12.5. The second kappa shape index (κ2) is 7.37. The fourth-order valence-corrected chi connectivity index (χ4v) is 1.82. The van der Waals surface area contributed by atoms with E-state index < -0.39 is 0 Å². The fourth-order valence-electron chi connectivity index (χ4n) is 1.82. The Morgan fingerprint density at radius 3 is 2.43 bits per heavy atom. The molecule has 7 heteroatoms. The molecule has 1 aromatic rings. The third kappa shape index (κ3) is 3.77. The first-order chi connectivity index (χ1) is 9.98. The molecule has 0 atom stereocenters. The molecular formula is C14H21N3O4. The SMILES string of the molecule is CCN(CC(=O)NC)C(=O)c1cc(OC)cc(OC)c1N. The van der Waals surface area contributed by atoms with Gasteiger partial charge in [0.1, 0.15) is 11.5 Å². The number of likely N-dealkylation sites (N-methyl/N-ethyl adjacent to an activating group) is 2. The Morgan fingerprint density at radius 1 is 1.29 bits per heavy atom. The molecule has 1 rings (SSSR count). The van der Waals surface area contributed by atoms with Gasteiger partial charge >= 0.3 is 0 Å². The van der Waals surface area contributed by atoms with E-state index in [0.717, 1.165) is 0 Å². The van der Waals surface area contributed by atoms with E-state index in [1.54, 1.807) is 13.0 Å². The van der Waals surface area contributed by atoms with Crippen LogP contribution in [0.25, 0.3) is 0 Å². The van der Waals surface area contributed by atoms with Crippen molar-refractivity contribution in [1.82, 2.24) is 10.2 Å². The Hall–Kier alpha value is -2.44. The van der Waals surface area contributed by atoms with Gasteiger partial charge in [0, 0.05) is 19.7 Å². The lowest BCUT2D eigenvalue weighted by molar-refractivity contribution is -0.121. The van der Waals surface area contributed by atoms with Gasteiger partial charge in [0.05, 0.1) is 32.0 Å². The summed E-state index contributed by atoms with van der Waals surface area (Å²) in [5, 5.41) is 2.48. The second-order valence-corrected chi connectivity index (χ2v) is 4.28. The Bertz CT molecular complexity index is 531. The van der Waals surface area contributed by atoms with Gasteiger partial charge in [-0.1, -0.05) is 0 Å². The van der Waals surface area contributed by atoms with Gasteiger partial charge in [-0.15, -0.1) is 0 Å². The number of hydrogen-bond acceptors (Lipinski definition) is 5. The molecule has 7 nitrogen and oxygen atoms in total. The molecule has 0 aromatic heterocycles. The standard InChI is InChI=1S/C14H21N3O4/c1-5-17(8-12(18)16-2)14(19)10-6-9(20-3)7-11(21-4)13(10)15/h6-7H,5,8,15H2,1-4H3,(H,16,18). The van der Waals surface area contributed by atoms with Crippen molar-refractivity contribution >= 4 is 17.5 Å². The van der Waals surface area contributed by atoms with Gasteiger partial charge in [0.15, 0.2) is 0 Å². The molecule has 0 unspecified atom stereocenters. The van der Waals surface area contributed by atoms with E-state index in [4.69, 9.17) is 15.2 Å². The number of carbonyl (C=O) groups excluding carboxylic acids is 2. The molecular weight excluding hydrogens is 274 g/mol. The molecule has 3 N–H and O–H groups in total. The van der Waals surface area contributed by atoms with Crippen LogP contribution in [0.15, 0.2) is 12.1 Å². The Kier molecular flexibility index (Phi) is 5.83. The molecule has 21 heavy (non-hydrogen) atoms. The number of hydrogen-bond donors (Lipinski definition) is 2. The van der Waals surface area contributed by atoms with E-state index in [2.05, 4.69) is 5.32 Å². The zero-order chi connectivity index (χ0) is 16.0. The van der Waals surface area contributed by atoms with Crippen molar-refractivity contribution in [1.29, 1.82) is 0 Å². The summed E-state index contributed by atoms with van der Waals surface area (Å²) in [4.78, 5) is 25.4. The summed E-state index contributed by atoms with van der Waals surface area (Å²) >= 11 is 0. The predicted octanol–water partition coefficient (Wildman–Crippen LogP) is 0.494. The van der Waals surface area contributed by atoms with Crippen LogP contribution >= 0.6 is 0 Å². The van der Waals surface area contributed by atoms with Crippen molar-refractivity contribution in [3.63, 3.8) is 0 Å². The van der Waals surface area contributed by atoms with Gasteiger partial charge < -0.3 is 25.4 Å². The van der Waals surface area contributed by atoms with Crippen LogP contribution in [0.4, 0.5) is 5.69 Å². The maximum Gasteiger partial charge on any atom is 0.256 e. The molecule has 0 aliphatic carbocycles. The molecule has 0 radical (unpaired) electrons. The lowest BCUT2D eigenvalue weighted by Crippen LogP contribution is -2.39. The Morgan fingerprint density at radius 2 is 1.95 bits per heavy atom. The molecule has 0 aliphatic heterocycles. The molecule has 0 aliphatic rings. The van der Waals surface area contributed by atoms with Crippen molar-refractivity contribution in [3.05, 3.63) is 17.7 Å². The highest BCUT2D eigenvalue weighted by Crippen LogP contribution is 2.31. The van der Waals surface area contributed by atoms with Crippen molar-refractivity contribution in [3.8, 4) is 11.5 Å². The minimum absolute atomic E-state index is 0.0369. The highest BCUT2D eigenvalue weighted by Gasteiger charge is 2.22. The van der Waals surface area contributed by atoms with E-state index in [1.165, 1.54) is 32.2 Å². The van der Waals surface area contributed by atoms with Crippen LogP contribution in [0.1, 0.15) is 17.3 Å². The van der Waals surface area contributed by atoms with Crippen LogP contribution in [-0.4, -0.2) is 51.1 Å².